The molecule has 0 aliphatic heterocycles. The van der Waals surface area contributed by atoms with E-state index in [4.69, 9.17) is 37.0 Å². The van der Waals surface area contributed by atoms with Crippen LogP contribution in [0.3, 0.4) is 0 Å². The van der Waals surface area contributed by atoms with Crippen LogP contribution < -0.4 is 15.8 Å². The van der Waals surface area contributed by atoms with Gasteiger partial charge in [0.05, 0.1) is 17.3 Å². The molecule has 1 saturated carbocycles. The van der Waals surface area contributed by atoms with E-state index < -0.39 is 0 Å². The van der Waals surface area contributed by atoms with Gasteiger partial charge in [0.25, 0.3) is 12.4 Å². The summed E-state index contributed by atoms with van der Waals surface area (Å²) in [5.74, 6) is 1.19. The van der Waals surface area contributed by atoms with Crippen LogP contribution >= 0.6 is 11.6 Å². The number of nitrogens with one attached hydrogen (secondary N) is 1. The third-order valence-corrected chi connectivity index (χ3v) is 7.53. The SMILES string of the molecule is CC1CCC(NC(=O)c2ccc(-c3ccccc3CN)c(-c3ccc(Cl)c(OCCCN(C)C)c3)n2)CC1.O=CO. The second kappa shape index (κ2) is 16.1. The molecule has 41 heavy (non-hydrogen) atoms. The maximum atomic E-state index is 13.3. The fourth-order valence-corrected chi connectivity index (χ4v) is 5.14. The van der Waals surface area contributed by atoms with E-state index in [0.717, 1.165) is 66.8 Å². The molecule has 8 nitrogen and oxygen atoms in total. The van der Waals surface area contributed by atoms with Gasteiger partial charge in [-0.15, -0.1) is 0 Å². The number of hydrogen-bond acceptors (Lipinski definition) is 6. The molecule has 0 atom stereocenters. The first-order valence-corrected chi connectivity index (χ1v) is 14.4. The molecule has 1 heterocycles. The summed E-state index contributed by atoms with van der Waals surface area (Å²) in [5.41, 5.74) is 10.9. The summed E-state index contributed by atoms with van der Waals surface area (Å²) in [4.78, 5) is 28.6. The smallest absolute Gasteiger partial charge is 0.290 e. The van der Waals surface area contributed by atoms with Gasteiger partial charge in [-0.1, -0.05) is 48.9 Å². The molecule has 2 aromatic carbocycles. The summed E-state index contributed by atoms with van der Waals surface area (Å²) in [5, 5.41) is 10.6. The molecule has 3 aromatic rings. The van der Waals surface area contributed by atoms with Gasteiger partial charge in [-0.05, 0) is 87.5 Å². The predicted octanol–water partition coefficient (Wildman–Crippen LogP) is 5.87. The predicted molar refractivity (Wildman–Crippen MR) is 164 cm³/mol. The molecule has 0 radical (unpaired) electrons. The van der Waals surface area contributed by atoms with Crippen LogP contribution in [0.2, 0.25) is 5.02 Å². The van der Waals surface area contributed by atoms with Gasteiger partial charge in [0.2, 0.25) is 0 Å². The average Bonchev–Trinajstić information content (AvgIpc) is 2.97. The van der Waals surface area contributed by atoms with Crippen molar-refractivity contribution in [3.63, 3.8) is 0 Å². The zero-order valence-corrected chi connectivity index (χ0v) is 24.9. The Morgan fingerprint density at radius 2 is 1.83 bits per heavy atom. The monoisotopic (exact) mass is 580 g/mol. The third kappa shape index (κ3) is 9.28. The van der Waals surface area contributed by atoms with E-state index in [-0.39, 0.29) is 18.4 Å². The maximum Gasteiger partial charge on any atom is 0.290 e. The Bertz CT molecular complexity index is 1290. The van der Waals surface area contributed by atoms with Crippen LogP contribution in [0, 0.1) is 5.92 Å². The molecule has 4 N–H and O–H groups in total. The van der Waals surface area contributed by atoms with Gasteiger partial charge in [-0.3, -0.25) is 9.59 Å². The maximum absolute atomic E-state index is 13.3. The topological polar surface area (TPSA) is 118 Å². The van der Waals surface area contributed by atoms with E-state index in [1.165, 1.54) is 0 Å². The molecule has 1 fully saturated rings. The first-order chi connectivity index (χ1) is 19.8. The molecule has 0 bridgehead atoms. The fraction of sp³-hybridized carbons (Fsp3) is 0.406. The van der Waals surface area contributed by atoms with Crippen molar-refractivity contribution in [2.24, 2.45) is 11.7 Å². The van der Waals surface area contributed by atoms with Crippen molar-refractivity contribution in [1.29, 1.82) is 0 Å². The molecule has 1 aliphatic carbocycles. The number of amides is 1. The molecular weight excluding hydrogens is 540 g/mol. The van der Waals surface area contributed by atoms with E-state index in [9.17, 15) is 4.79 Å². The van der Waals surface area contributed by atoms with Gasteiger partial charge >= 0.3 is 0 Å². The number of nitrogens with two attached hydrogens (primary N) is 1. The summed E-state index contributed by atoms with van der Waals surface area (Å²) in [6.45, 7) is 3.91. The summed E-state index contributed by atoms with van der Waals surface area (Å²) in [6.07, 6.45) is 5.18. The van der Waals surface area contributed by atoms with Crippen LogP contribution in [-0.2, 0) is 11.3 Å². The molecule has 0 unspecified atom stereocenters. The third-order valence-electron chi connectivity index (χ3n) is 7.22. The minimum atomic E-state index is -0.250. The Balaban J connectivity index is 0.00000147. The van der Waals surface area contributed by atoms with E-state index in [1.54, 1.807) is 0 Å². The zero-order chi connectivity index (χ0) is 29.8. The lowest BCUT2D eigenvalue weighted by molar-refractivity contribution is -0.122. The molecule has 1 aromatic heterocycles. The van der Waals surface area contributed by atoms with Crippen molar-refractivity contribution >= 4 is 24.0 Å². The number of aromatic nitrogens is 1. The van der Waals surface area contributed by atoms with Crippen LogP contribution in [0.25, 0.3) is 22.4 Å². The molecule has 220 valence electrons. The number of nitrogens with zero attached hydrogens (tertiary/aromatic N) is 2. The lowest BCUT2D eigenvalue weighted by atomic mass is 9.87. The van der Waals surface area contributed by atoms with Crippen molar-refractivity contribution in [1.82, 2.24) is 15.2 Å². The minimum Gasteiger partial charge on any atom is -0.492 e. The van der Waals surface area contributed by atoms with Gasteiger partial charge in [0.1, 0.15) is 11.4 Å². The summed E-state index contributed by atoms with van der Waals surface area (Å²) in [7, 11) is 4.08. The molecule has 0 saturated heterocycles. The molecular formula is C32H41ClN4O4. The molecule has 9 heteroatoms. The number of rotatable bonds is 10. The molecule has 1 aliphatic rings. The van der Waals surface area contributed by atoms with E-state index in [0.29, 0.717) is 35.3 Å². The first-order valence-electron chi connectivity index (χ1n) is 14.0. The minimum absolute atomic E-state index is 0.140. The Morgan fingerprint density at radius 1 is 1.12 bits per heavy atom. The summed E-state index contributed by atoms with van der Waals surface area (Å²) in [6, 6.07) is 17.7. The van der Waals surface area contributed by atoms with Crippen LogP contribution in [0.4, 0.5) is 0 Å². The summed E-state index contributed by atoms with van der Waals surface area (Å²) >= 11 is 6.49. The largest absolute Gasteiger partial charge is 0.492 e. The highest BCUT2D eigenvalue weighted by Crippen LogP contribution is 2.36. The highest BCUT2D eigenvalue weighted by molar-refractivity contribution is 6.32. The number of benzene rings is 2. The number of carboxylic acid groups (broad SMARTS) is 1. The Morgan fingerprint density at radius 3 is 2.51 bits per heavy atom. The van der Waals surface area contributed by atoms with Gasteiger partial charge in [-0.25, -0.2) is 4.98 Å². The Labute approximate surface area is 247 Å². The fourth-order valence-electron chi connectivity index (χ4n) is 4.97. The number of pyridine rings is 1. The second-order valence-electron chi connectivity index (χ2n) is 10.6. The van der Waals surface area contributed by atoms with E-state index >= 15 is 0 Å². The molecule has 1 amide bonds. The summed E-state index contributed by atoms with van der Waals surface area (Å²) < 4.78 is 6.04. The van der Waals surface area contributed by atoms with Crippen molar-refractivity contribution in [2.45, 2.75) is 51.6 Å². The van der Waals surface area contributed by atoms with Gasteiger partial charge in [-0.2, -0.15) is 0 Å². The number of carbonyl (C=O) groups excluding carboxylic acids is 1. The number of halogens is 1. The van der Waals surface area contributed by atoms with Crippen LogP contribution in [0.1, 0.15) is 55.1 Å². The molecule has 0 spiro atoms. The van der Waals surface area contributed by atoms with Gasteiger partial charge in [0, 0.05) is 30.3 Å². The van der Waals surface area contributed by atoms with Crippen molar-refractivity contribution < 1.29 is 19.4 Å². The quantitative estimate of drug-likeness (QED) is 0.203. The lowest BCUT2D eigenvalue weighted by Gasteiger charge is -2.26. The Kier molecular flexibility index (Phi) is 12.6. The molecule has 4 rings (SSSR count). The highest BCUT2D eigenvalue weighted by Gasteiger charge is 2.22. The first kappa shape index (κ1) is 32.1. The number of ether oxygens (including phenoxy) is 1. The van der Waals surface area contributed by atoms with Crippen LogP contribution in [0.15, 0.2) is 54.6 Å². The number of carbonyl (C=O) groups is 2. The van der Waals surface area contributed by atoms with Crippen molar-refractivity contribution in [3.05, 3.63) is 70.9 Å². The Hall–Kier alpha value is -3.46. The van der Waals surface area contributed by atoms with Crippen LogP contribution in [-0.4, -0.2) is 60.7 Å². The van der Waals surface area contributed by atoms with E-state index in [1.807, 2.05) is 68.7 Å². The zero-order valence-electron chi connectivity index (χ0n) is 24.1. The second-order valence-corrected chi connectivity index (χ2v) is 11.0. The van der Waals surface area contributed by atoms with Crippen molar-refractivity contribution in [3.8, 4) is 28.1 Å². The van der Waals surface area contributed by atoms with Crippen LogP contribution in [0.5, 0.6) is 5.75 Å². The average molecular weight is 581 g/mol. The lowest BCUT2D eigenvalue weighted by Crippen LogP contribution is -2.37. The van der Waals surface area contributed by atoms with Gasteiger partial charge in [0.15, 0.2) is 0 Å². The standard InChI is InChI=1S/C31H39ClN4O2.CH2O2/c1-21-9-12-24(13-10-21)34-31(37)28-16-14-26(25-8-5-4-7-23(25)20-33)30(35-28)22-11-15-27(32)29(19-22)38-18-6-17-36(2)3;2-1-3/h4-5,7-8,11,14-16,19,21,24H,6,9-10,12-13,17-18,20,33H2,1-3H3,(H,34,37);1H,(H,2,3). The van der Waals surface area contributed by atoms with Gasteiger partial charge < -0.3 is 25.8 Å². The van der Waals surface area contributed by atoms with Crippen molar-refractivity contribution in [2.75, 3.05) is 27.2 Å². The highest BCUT2D eigenvalue weighted by atomic mass is 35.5. The normalized spacial score (nSPS) is 16.4. The number of hydrogen-bond donors (Lipinski definition) is 3. The van der Waals surface area contributed by atoms with E-state index in [2.05, 4.69) is 17.1 Å².